The van der Waals surface area contributed by atoms with E-state index in [2.05, 4.69) is 19.1 Å². The van der Waals surface area contributed by atoms with Crippen LogP contribution in [-0.4, -0.2) is 25.2 Å². The van der Waals surface area contributed by atoms with E-state index in [4.69, 9.17) is 14.2 Å². The lowest BCUT2D eigenvalue weighted by Crippen LogP contribution is -2.50. The molecule has 178 valence electrons. The van der Waals surface area contributed by atoms with E-state index in [0.717, 1.165) is 96.2 Å². The molecule has 0 aromatic heterocycles. The summed E-state index contributed by atoms with van der Waals surface area (Å²) >= 11 is 0. The number of carbonyl (C=O) groups is 1. The van der Waals surface area contributed by atoms with Crippen LogP contribution < -0.4 is 0 Å². The molecule has 8 fully saturated rings. The second kappa shape index (κ2) is 6.39. The smallest absolute Gasteiger partial charge is 0.430 e. The second-order valence-corrected chi connectivity index (χ2v) is 13.7. The van der Waals surface area contributed by atoms with Crippen LogP contribution in [0.25, 0.3) is 0 Å². The van der Waals surface area contributed by atoms with Gasteiger partial charge in [0.15, 0.2) is 0 Å². The van der Waals surface area contributed by atoms with E-state index in [0.29, 0.717) is 18.4 Å². The van der Waals surface area contributed by atoms with E-state index in [-0.39, 0.29) is 6.10 Å². The van der Waals surface area contributed by atoms with Crippen LogP contribution in [0.1, 0.15) is 51.9 Å². The molecular formula is C29H38O4. The molecule has 17 unspecified atom stereocenters. The van der Waals surface area contributed by atoms with Crippen molar-refractivity contribution in [2.24, 2.45) is 88.8 Å². The fourth-order valence-electron chi connectivity index (χ4n) is 13.0. The molecule has 0 aromatic carbocycles. The Balaban J connectivity index is 0.963. The number of allylic oxidation sites excluding steroid dienone is 2. The third-order valence-electron chi connectivity index (χ3n) is 13.3. The zero-order chi connectivity index (χ0) is 21.6. The Morgan fingerprint density at radius 2 is 1.33 bits per heavy atom. The van der Waals surface area contributed by atoms with E-state index in [1.165, 1.54) is 19.3 Å². The molecular weight excluding hydrogens is 412 g/mol. The minimum absolute atomic E-state index is 0.0712. The Kier molecular flexibility index (Phi) is 3.72. The summed E-state index contributed by atoms with van der Waals surface area (Å²) in [6.45, 7) is 3.07. The van der Waals surface area contributed by atoms with E-state index in [9.17, 15) is 4.79 Å². The average Bonchev–Trinajstić information content (AvgIpc) is 3.65. The summed E-state index contributed by atoms with van der Waals surface area (Å²) in [7, 11) is 0. The van der Waals surface area contributed by atoms with E-state index in [1.807, 2.05) is 0 Å². The fraction of sp³-hybridized carbons (Fsp3) is 0.897. The molecule has 1 heterocycles. The number of hydrogen-bond donors (Lipinski definition) is 0. The third kappa shape index (κ3) is 2.23. The Morgan fingerprint density at radius 1 is 0.727 bits per heavy atom. The number of hydrogen-bond acceptors (Lipinski definition) is 4. The van der Waals surface area contributed by atoms with Crippen molar-refractivity contribution in [3.8, 4) is 0 Å². The van der Waals surface area contributed by atoms with E-state index < -0.39 is 12.4 Å². The summed E-state index contributed by atoms with van der Waals surface area (Å²) in [6, 6.07) is 0. The largest absolute Gasteiger partial charge is 0.510 e. The third-order valence-corrected chi connectivity index (χ3v) is 13.3. The van der Waals surface area contributed by atoms with Gasteiger partial charge >= 0.3 is 6.16 Å². The first-order valence-electron chi connectivity index (χ1n) is 14.4. The van der Waals surface area contributed by atoms with Crippen LogP contribution in [0.15, 0.2) is 12.2 Å². The monoisotopic (exact) mass is 450 g/mol. The van der Waals surface area contributed by atoms with Gasteiger partial charge in [-0.2, -0.15) is 0 Å². The summed E-state index contributed by atoms with van der Waals surface area (Å²) < 4.78 is 17.3. The summed E-state index contributed by atoms with van der Waals surface area (Å²) in [6.07, 6.45) is 13.2. The van der Waals surface area contributed by atoms with Crippen molar-refractivity contribution < 1.29 is 19.0 Å². The molecule has 4 heteroatoms. The highest BCUT2D eigenvalue weighted by Crippen LogP contribution is 2.81. The quantitative estimate of drug-likeness (QED) is 0.316. The molecule has 0 amide bonds. The van der Waals surface area contributed by atoms with E-state index >= 15 is 0 Å². The first kappa shape index (κ1) is 19.2. The molecule has 0 spiro atoms. The van der Waals surface area contributed by atoms with Crippen LogP contribution in [0.3, 0.4) is 0 Å². The van der Waals surface area contributed by atoms with Crippen LogP contribution in [0.2, 0.25) is 0 Å². The molecule has 1 aliphatic heterocycles. The maximum Gasteiger partial charge on any atom is 0.510 e. The summed E-state index contributed by atoms with van der Waals surface area (Å²) in [5.74, 6) is 13.6. The number of rotatable bonds is 2. The van der Waals surface area contributed by atoms with Gasteiger partial charge in [0.2, 0.25) is 6.29 Å². The van der Waals surface area contributed by atoms with Gasteiger partial charge in [-0.3, -0.25) is 0 Å². The zero-order valence-corrected chi connectivity index (χ0v) is 19.8. The van der Waals surface area contributed by atoms with E-state index in [1.54, 1.807) is 6.42 Å². The highest BCUT2D eigenvalue weighted by molar-refractivity contribution is 5.60. The number of carbonyl (C=O) groups excluding carboxylic acids is 1. The summed E-state index contributed by atoms with van der Waals surface area (Å²) in [4.78, 5) is 12.7. The lowest BCUT2D eigenvalue weighted by molar-refractivity contribution is -0.155. The van der Waals surface area contributed by atoms with Crippen LogP contribution in [0.4, 0.5) is 4.79 Å². The molecule has 0 radical (unpaired) electrons. The van der Waals surface area contributed by atoms with Crippen molar-refractivity contribution in [1.82, 2.24) is 0 Å². The van der Waals surface area contributed by atoms with Crippen molar-refractivity contribution in [2.45, 2.75) is 64.3 Å². The summed E-state index contributed by atoms with van der Waals surface area (Å²) in [5, 5.41) is 0. The minimum Gasteiger partial charge on any atom is -0.430 e. The van der Waals surface area contributed by atoms with Crippen LogP contribution in [-0.2, 0) is 14.2 Å². The van der Waals surface area contributed by atoms with Crippen molar-refractivity contribution in [3.63, 3.8) is 0 Å². The molecule has 8 bridgehead atoms. The van der Waals surface area contributed by atoms with Gasteiger partial charge in [-0.15, -0.1) is 0 Å². The standard InChI is InChI=1S/C29H38O4/c1-12-15-9-20(28(12)33-29(30)32-21-4-2-3-7-31-21)27-19-11-18(24(15)27)25-16-10-17(26(19)25)23-14-6-5-13(8-14)22(16)23/h5-6,12-28H,2-4,7-11H2,1H3. The average molecular weight is 451 g/mol. The molecule has 1 saturated heterocycles. The highest BCUT2D eigenvalue weighted by atomic mass is 16.8. The van der Waals surface area contributed by atoms with Gasteiger partial charge in [-0.05, 0) is 121 Å². The maximum absolute atomic E-state index is 12.7. The van der Waals surface area contributed by atoms with Crippen molar-refractivity contribution >= 4 is 6.16 Å². The van der Waals surface area contributed by atoms with Crippen LogP contribution in [0.5, 0.6) is 0 Å². The molecule has 8 aliphatic carbocycles. The summed E-state index contributed by atoms with van der Waals surface area (Å²) in [5.41, 5.74) is 0. The molecule has 33 heavy (non-hydrogen) atoms. The lowest BCUT2D eigenvalue weighted by Gasteiger charge is -2.51. The SMILES string of the molecule is CC1C2CC(C1OC(=O)OC1CCCCO1)C1C3CC(C21)C1C2CC(C4C5C=CC(C5)C24)C31. The fourth-order valence-corrected chi connectivity index (χ4v) is 13.0. The highest BCUT2D eigenvalue weighted by Gasteiger charge is 2.76. The minimum atomic E-state index is -0.472. The molecule has 7 saturated carbocycles. The van der Waals surface area contributed by atoms with Gasteiger partial charge in [-0.25, -0.2) is 4.79 Å². The topological polar surface area (TPSA) is 44.8 Å². The molecule has 9 rings (SSSR count). The molecule has 0 N–H and O–H groups in total. The Hall–Kier alpha value is -1.03. The van der Waals surface area contributed by atoms with Crippen LogP contribution >= 0.6 is 0 Å². The first-order valence-corrected chi connectivity index (χ1v) is 14.4. The molecule has 17 atom stereocenters. The first-order chi connectivity index (χ1) is 16.2. The van der Waals surface area contributed by atoms with Crippen molar-refractivity contribution in [2.75, 3.05) is 6.61 Å². The number of ether oxygens (including phenoxy) is 3. The van der Waals surface area contributed by atoms with Crippen molar-refractivity contribution in [1.29, 1.82) is 0 Å². The predicted octanol–water partition coefficient (Wildman–Crippen LogP) is 5.52. The second-order valence-electron chi connectivity index (χ2n) is 13.7. The van der Waals surface area contributed by atoms with Gasteiger partial charge in [0.1, 0.15) is 6.10 Å². The molecule has 9 aliphatic rings. The van der Waals surface area contributed by atoms with Gasteiger partial charge in [0.25, 0.3) is 0 Å². The van der Waals surface area contributed by atoms with Gasteiger partial charge in [0.05, 0.1) is 6.61 Å². The van der Waals surface area contributed by atoms with Crippen LogP contribution in [0, 0.1) is 88.8 Å². The Labute approximate surface area is 197 Å². The van der Waals surface area contributed by atoms with Crippen molar-refractivity contribution in [3.05, 3.63) is 12.2 Å². The Bertz CT molecular complexity index is 907. The number of fused-ring (bicyclic) bond motifs is 23. The maximum atomic E-state index is 12.7. The van der Waals surface area contributed by atoms with Gasteiger partial charge < -0.3 is 14.2 Å². The van der Waals surface area contributed by atoms with Gasteiger partial charge in [-0.1, -0.05) is 19.1 Å². The lowest BCUT2D eigenvalue weighted by atomic mass is 9.54. The normalized spacial score (nSPS) is 64.3. The zero-order valence-electron chi connectivity index (χ0n) is 19.8. The molecule has 4 nitrogen and oxygen atoms in total. The molecule has 0 aromatic rings. The Morgan fingerprint density at radius 3 is 2.00 bits per heavy atom. The predicted molar refractivity (Wildman–Crippen MR) is 121 cm³/mol. The van der Waals surface area contributed by atoms with Gasteiger partial charge in [0, 0.05) is 12.3 Å².